The summed E-state index contributed by atoms with van der Waals surface area (Å²) in [4.78, 5) is 13.3. The van der Waals surface area contributed by atoms with Gasteiger partial charge in [-0.25, -0.2) is 8.42 Å². The average Bonchev–Trinajstić information content (AvgIpc) is 2.61. The van der Waals surface area contributed by atoms with E-state index in [9.17, 15) is 13.2 Å². The number of thioether (sulfide) groups is 1. The summed E-state index contributed by atoms with van der Waals surface area (Å²) < 4.78 is 25.9. The number of carbonyl (C=O) groups is 1. The Morgan fingerprint density at radius 2 is 1.85 bits per heavy atom. The van der Waals surface area contributed by atoms with Gasteiger partial charge in [-0.05, 0) is 61.9 Å². The van der Waals surface area contributed by atoms with Crippen molar-refractivity contribution in [3.8, 4) is 0 Å². The summed E-state index contributed by atoms with van der Waals surface area (Å²) in [6, 6.07) is 13.2. The molecule has 0 heterocycles. The predicted octanol–water partition coefficient (Wildman–Crippen LogP) is 4.21. The van der Waals surface area contributed by atoms with E-state index in [-0.39, 0.29) is 18.9 Å². The molecule has 0 unspecified atom stereocenters. The van der Waals surface area contributed by atoms with E-state index in [4.69, 9.17) is 0 Å². The summed E-state index contributed by atoms with van der Waals surface area (Å²) in [5.41, 5.74) is 3.39. The Kier molecular flexibility index (Phi) is 7.33. The lowest BCUT2D eigenvalue weighted by Crippen LogP contribution is -2.32. The summed E-state index contributed by atoms with van der Waals surface area (Å²) in [5, 5.41) is 2.87. The highest BCUT2D eigenvalue weighted by molar-refractivity contribution is 7.98. The first kappa shape index (κ1) is 21.3. The van der Waals surface area contributed by atoms with Gasteiger partial charge < -0.3 is 5.32 Å². The number of sulfonamides is 1. The van der Waals surface area contributed by atoms with Gasteiger partial charge in [0, 0.05) is 23.5 Å². The topological polar surface area (TPSA) is 66.5 Å². The van der Waals surface area contributed by atoms with Gasteiger partial charge in [-0.3, -0.25) is 9.10 Å². The highest BCUT2D eigenvalue weighted by Gasteiger charge is 2.19. The van der Waals surface area contributed by atoms with Crippen molar-refractivity contribution in [1.29, 1.82) is 0 Å². The summed E-state index contributed by atoms with van der Waals surface area (Å²) in [5.74, 6) is -0.123. The maximum atomic E-state index is 12.3. The number of hydrogen-bond acceptors (Lipinski definition) is 4. The molecule has 2 aromatic carbocycles. The molecule has 1 amide bonds. The first-order valence-electron chi connectivity index (χ1n) is 8.70. The third-order valence-electron chi connectivity index (χ3n) is 4.36. The molecule has 2 aromatic rings. The Hall–Kier alpha value is -1.99. The van der Waals surface area contributed by atoms with Gasteiger partial charge in [-0.2, -0.15) is 0 Å². The zero-order valence-electron chi connectivity index (χ0n) is 16.2. The van der Waals surface area contributed by atoms with E-state index in [1.807, 2.05) is 56.5 Å². The summed E-state index contributed by atoms with van der Waals surface area (Å²) in [7, 11) is -3.42. The molecule has 0 atom stereocenters. The highest BCUT2D eigenvalue weighted by atomic mass is 32.2. The van der Waals surface area contributed by atoms with Gasteiger partial charge in [0.05, 0.1) is 11.9 Å². The third kappa shape index (κ3) is 6.01. The van der Waals surface area contributed by atoms with Gasteiger partial charge in [0.25, 0.3) is 0 Å². The Balaban J connectivity index is 2.01. The number of nitrogens with one attached hydrogen (secondary N) is 1. The van der Waals surface area contributed by atoms with Crippen LogP contribution in [0.2, 0.25) is 0 Å². The fourth-order valence-corrected chi connectivity index (χ4v) is 4.25. The number of hydrogen-bond donors (Lipinski definition) is 1. The Bertz CT molecular complexity index is 911. The van der Waals surface area contributed by atoms with E-state index < -0.39 is 10.0 Å². The molecule has 27 heavy (non-hydrogen) atoms. The molecule has 0 aliphatic carbocycles. The molecule has 0 aliphatic heterocycles. The van der Waals surface area contributed by atoms with Crippen LogP contribution in [0.5, 0.6) is 0 Å². The van der Waals surface area contributed by atoms with E-state index in [1.165, 1.54) is 10.6 Å². The highest BCUT2D eigenvalue weighted by Crippen LogP contribution is 2.25. The molecular weight excluding hydrogens is 380 g/mol. The van der Waals surface area contributed by atoms with Gasteiger partial charge in [0.2, 0.25) is 15.9 Å². The normalized spacial score (nSPS) is 11.3. The summed E-state index contributed by atoms with van der Waals surface area (Å²) in [6.07, 6.45) is 3.87. The maximum absolute atomic E-state index is 12.3. The molecule has 0 saturated carbocycles. The minimum absolute atomic E-state index is 0.123. The van der Waals surface area contributed by atoms with E-state index >= 15 is 0 Å². The van der Waals surface area contributed by atoms with Crippen molar-refractivity contribution in [3.63, 3.8) is 0 Å². The SMILES string of the molecule is CSc1cccc(NC(=O)CCCN(c2cccc(C)c2C)S(C)(=O)=O)c1. The zero-order chi connectivity index (χ0) is 20.0. The molecule has 146 valence electrons. The van der Waals surface area contributed by atoms with Crippen LogP contribution >= 0.6 is 11.8 Å². The minimum Gasteiger partial charge on any atom is -0.326 e. The Morgan fingerprint density at radius 3 is 2.52 bits per heavy atom. The second-order valence-corrected chi connectivity index (χ2v) is 9.22. The van der Waals surface area contributed by atoms with Crippen molar-refractivity contribution in [2.24, 2.45) is 0 Å². The first-order valence-corrected chi connectivity index (χ1v) is 11.8. The Morgan fingerprint density at radius 1 is 1.15 bits per heavy atom. The standard InChI is InChI=1S/C20H26N2O3S2/c1-15-8-5-11-19(16(15)2)22(27(4,24)25)13-7-12-20(23)21-17-9-6-10-18(14-17)26-3/h5-6,8-11,14H,7,12-13H2,1-4H3,(H,21,23). The van der Waals surface area contributed by atoms with Crippen molar-refractivity contribution < 1.29 is 13.2 Å². The molecule has 0 aromatic heterocycles. The first-order chi connectivity index (χ1) is 12.7. The van der Waals surface area contributed by atoms with Crippen molar-refractivity contribution in [2.75, 3.05) is 28.7 Å². The summed E-state index contributed by atoms with van der Waals surface area (Å²) >= 11 is 1.61. The van der Waals surface area contributed by atoms with Gasteiger partial charge in [-0.15, -0.1) is 11.8 Å². The number of anilines is 2. The average molecular weight is 407 g/mol. The summed E-state index contributed by atoms with van der Waals surface area (Å²) in [6.45, 7) is 4.13. The fraction of sp³-hybridized carbons (Fsp3) is 0.350. The maximum Gasteiger partial charge on any atom is 0.232 e. The molecule has 7 heteroatoms. The number of carbonyl (C=O) groups excluding carboxylic acids is 1. The lowest BCUT2D eigenvalue weighted by atomic mass is 10.1. The molecule has 0 spiro atoms. The van der Waals surface area contributed by atoms with Crippen LogP contribution in [-0.4, -0.2) is 33.4 Å². The molecule has 2 rings (SSSR count). The van der Waals surface area contributed by atoms with Crippen LogP contribution in [0.3, 0.4) is 0 Å². The molecule has 0 bridgehead atoms. The molecule has 1 N–H and O–H groups in total. The van der Waals surface area contributed by atoms with E-state index in [0.717, 1.165) is 21.7 Å². The lowest BCUT2D eigenvalue weighted by Gasteiger charge is -2.24. The van der Waals surface area contributed by atoms with Crippen LogP contribution in [0.15, 0.2) is 47.4 Å². The van der Waals surface area contributed by atoms with Crippen LogP contribution in [0.4, 0.5) is 11.4 Å². The van der Waals surface area contributed by atoms with E-state index in [2.05, 4.69) is 5.32 Å². The second kappa shape index (κ2) is 9.28. The monoisotopic (exact) mass is 406 g/mol. The van der Waals surface area contributed by atoms with Crippen molar-refractivity contribution in [2.45, 2.75) is 31.6 Å². The van der Waals surface area contributed by atoms with Gasteiger partial charge in [0.15, 0.2) is 0 Å². The molecule has 0 saturated heterocycles. The number of aryl methyl sites for hydroxylation is 1. The van der Waals surface area contributed by atoms with Crippen LogP contribution in [0, 0.1) is 13.8 Å². The van der Waals surface area contributed by atoms with Gasteiger partial charge in [-0.1, -0.05) is 18.2 Å². The van der Waals surface area contributed by atoms with Crippen molar-refractivity contribution in [1.82, 2.24) is 0 Å². The number of rotatable bonds is 8. The number of amides is 1. The smallest absolute Gasteiger partial charge is 0.232 e. The molecule has 0 fully saturated rings. The van der Waals surface area contributed by atoms with Crippen LogP contribution < -0.4 is 9.62 Å². The van der Waals surface area contributed by atoms with Gasteiger partial charge in [0.1, 0.15) is 0 Å². The van der Waals surface area contributed by atoms with Crippen LogP contribution in [0.25, 0.3) is 0 Å². The lowest BCUT2D eigenvalue weighted by molar-refractivity contribution is -0.116. The Labute approximate surface area is 166 Å². The second-order valence-electron chi connectivity index (χ2n) is 6.44. The largest absolute Gasteiger partial charge is 0.326 e. The van der Waals surface area contributed by atoms with Crippen molar-refractivity contribution in [3.05, 3.63) is 53.6 Å². The van der Waals surface area contributed by atoms with Crippen molar-refractivity contribution >= 4 is 39.1 Å². The van der Waals surface area contributed by atoms with Gasteiger partial charge >= 0.3 is 0 Å². The molecular formula is C20H26N2O3S2. The quantitative estimate of drug-likeness (QED) is 0.667. The molecule has 0 aliphatic rings. The predicted molar refractivity (Wildman–Crippen MR) is 114 cm³/mol. The third-order valence-corrected chi connectivity index (χ3v) is 6.27. The number of nitrogens with zero attached hydrogens (tertiary/aromatic N) is 1. The fourth-order valence-electron chi connectivity index (χ4n) is 2.78. The van der Waals surface area contributed by atoms with E-state index in [0.29, 0.717) is 12.1 Å². The van der Waals surface area contributed by atoms with E-state index in [1.54, 1.807) is 17.8 Å². The molecule has 0 radical (unpaired) electrons. The van der Waals surface area contributed by atoms with Crippen LogP contribution in [-0.2, 0) is 14.8 Å². The van der Waals surface area contributed by atoms with Crippen LogP contribution in [0.1, 0.15) is 24.0 Å². The zero-order valence-corrected chi connectivity index (χ0v) is 17.8. The minimum atomic E-state index is -3.42. The number of benzene rings is 2. The molecule has 5 nitrogen and oxygen atoms in total.